The van der Waals surface area contributed by atoms with Gasteiger partial charge in [-0.1, -0.05) is 44.2 Å². The fourth-order valence-corrected chi connectivity index (χ4v) is 1.16. The van der Waals surface area contributed by atoms with E-state index < -0.39 is 5.97 Å². The molecule has 15 heavy (non-hydrogen) atoms. The molecule has 0 aliphatic heterocycles. The number of aliphatic carboxylic acids is 1. The zero-order valence-electron chi connectivity index (χ0n) is 9.36. The zero-order valence-corrected chi connectivity index (χ0v) is 9.36. The second kappa shape index (κ2) is 6.50. The second-order valence-electron chi connectivity index (χ2n) is 3.47. The molecule has 0 aliphatic carbocycles. The van der Waals surface area contributed by atoms with E-state index in [2.05, 4.69) is 13.8 Å². The van der Waals surface area contributed by atoms with E-state index in [0.29, 0.717) is 5.92 Å². The third kappa shape index (κ3) is 4.87. The van der Waals surface area contributed by atoms with Gasteiger partial charge in [0.25, 0.3) is 0 Å². The Morgan fingerprint density at radius 2 is 1.80 bits per heavy atom. The Bertz CT molecular complexity index is 339. The molecule has 0 aromatic heterocycles. The molecule has 1 aromatic carbocycles. The molecule has 0 bridgehead atoms. The quantitative estimate of drug-likeness (QED) is 0.439. The fraction of sp³-hybridized carbons (Fsp3) is 0.250. The van der Waals surface area contributed by atoms with Gasteiger partial charge in [0.1, 0.15) is 0 Å². The minimum atomic E-state index is -1.17. The van der Waals surface area contributed by atoms with Crippen LogP contribution in [0.15, 0.2) is 30.3 Å². The van der Waals surface area contributed by atoms with Crippen LogP contribution in [0.1, 0.15) is 30.9 Å². The maximum Gasteiger partial charge on any atom is 1.00 e. The van der Waals surface area contributed by atoms with Crippen LogP contribution in [0, 0.1) is 0 Å². The predicted molar refractivity (Wildman–Crippen MR) is 54.6 cm³/mol. The van der Waals surface area contributed by atoms with Crippen LogP contribution in [0.5, 0.6) is 0 Å². The molecule has 0 spiro atoms. The van der Waals surface area contributed by atoms with E-state index in [4.69, 9.17) is 0 Å². The molecule has 74 valence electrons. The van der Waals surface area contributed by atoms with Gasteiger partial charge in [-0.25, -0.2) is 0 Å². The third-order valence-electron chi connectivity index (χ3n) is 2.01. The Kier molecular flexibility index (Phi) is 6.08. The van der Waals surface area contributed by atoms with Crippen LogP contribution < -0.4 is 24.0 Å². The maximum absolute atomic E-state index is 10.1. The number of carbonyl (C=O) groups is 1. The molecule has 0 heterocycles. The summed E-state index contributed by atoms with van der Waals surface area (Å²) in [6.45, 7) is 4.23. The first-order valence-electron chi connectivity index (χ1n) is 4.58. The summed E-state index contributed by atoms with van der Waals surface area (Å²) in [5, 5.41) is 10.1. The molecular formula is C12H13LiO2. The topological polar surface area (TPSA) is 40.1 Å². The number of carbonyl (C=O) groups excluding carboxylic acids is 1. The molecule has 0 unspecified atom stereocenters. The van der Waals surface area contributed by atoms with Gasteiger partial charge in [0.05, 0.1) is 5.97 Å². The molecule has 2 nitrogen and oxygen atoms in total. The van der Waals surface area contributed by atoms with Crippen LogP contribution in [0.25, 0.3) is 6.08 Å². The summed E-state index contributed by atoms with van der Waals surface area (Å²) in [5.74, 6) is -0.674. The van der Waals surface area contributed by atoms with Gasteiger partial charge in [-0.2, -0.15) is 0 Å². The number of hydrogen-bond donors (Lipinski definition) is 0. The van der Waals surface area contributed by atoms with Crippen LogP contribution in [0.3, 0.4) is 0 Å². The Hall–Kier alpha value is -0.973. The molecular weight excluding hydrogens is 183 g/mol. The van der Waals surface area contributed by atoms with Crippen LogP contribution in [-0.4, -0.2) is 5.97 Å². The Morgan fingerprint density at radius 1 is 1.27 bits per heavy atom. The molecule has 0 radical (unpaired) electrons. The summed E-state index contributed by atoms with van der Waals surface area (Å²) < 4.78 is 0. The van der Waals surface area contributed by atoms with Crippen LogP contribution in [-0.2, 0) is 4.79 Å². The van der Waals surface area contributed by atoms with Crippen LogP contribution in [0.2, 0.25) is 0 Å². The number of rotatable bonds is 3. The average Bonchev–Trinajstić information content (AvgIpc) is 2.15. The van der Waals surface area contributed by atoms with Gasteiger partial charge in [-0.3, -0.25) is 0 Å². The monoisotopic (exact) mass is 196 g/mol. The van der Waals surface area contributed by atoms with Gasteiger partial charge >= 0.3 is 18.9 Å². The number of hydrogen-bond acceptors (Lipinski definition) is 2. The minimum absolute atomic E-state index is 0. The number of carboxylic acids is 1. The molecule has 0 amide bonds. The second-order valence-corrected chi connectivity index (χ2v) is 3.47. The molecule has 0 aliphatic rings. The van der Waals surface area contributed by atoms with Gasteiger partial charge in [0.2, 0.25) is 0 Å². The van der Waals surface area contributed by atoms with E-state index in [1.165, 1.54) is 11.6 Å². The molecule has 0 saturated heterocycles. The summed E-state index contributed by atoms with van der Waals surface area (Å²) in [7, 11) is 0. The standard InChI is InChI=1S/C12H14O2.Li/c1-9(2)11-6-3-10(4-7-11)5-8-12(13)14;/h3-9H,1-2H3,(H,13,14);/q;+1/p-1/b8-5+;. The number of benzene rings is 1. The van der Waals surface area contributed by atoms with Gasteiger partial charge in [-0.05, 0) is 23.1 Å². The summed E-state index contributed by atoms with van der Waals surface area (Å²) in [5.41, 5.74) is 2.12. The van der Waals surface area contributed by atoms with Crippen molar-refractivity contribution in [3.63, 3.8) is 0 Å². The first-order valence-corrected chi connectivity index (χ1v) is 4.58. The summed E-state index contributed by atoms with van der Waals surface area (Å²) in [4.78, 5) is 10.1. The van der Waals surface area contributed by atoms with Crippen molar-refractivity contribution < 1.29 is 28.8 Å². The largest absolute Gasteiger partial charge is 1.00 e. The van der Waals surface area contributed by atoms with Crippen molar-refractivity contribution in [1.29, 1.82) is 0 Å². The SMILES string of the molecule is CC(C)c1ccc(/C=C/C(=O)[O-])cc1.[Li+]. The normalized spacial score (nSPS) is 10.3. The zero-order chi connectivity index (χ0) is 10.6. The summed E-state index contributed by atoms with van der Waals surface area (Å²) >= 11 is 0. The molecule has 0 N–H and O–H groups in total. The first kappa shape index (κ1) is 14.0. The van der Waals surface area contributed by atoms with Crippen LogP contribution in [0.4, 0.5) is 0 Å². The minimum Gasteiger partial charge on any atom is -0.545 e. The van der Waals surface area contributed by atoms with E-state index in [9.17, 15) is 9.90 Å². The Morgan fingerprint density at radius 3 is 2.20 bits per heavy atom. The Labute approximate surface area is 102 Å². The predicted octanol–water partition coefficient (Wildman–Crippen LogP) is -1.42. The van der Waals surface area contributed by atoms with Crippen molar-refractivity contribution in [3.8, 4) is 0 Å². The maximum atomic E-state index is 10.1. The molecule has 1 rings (SSSR count). The van der Waals surface area contributed by atoms with E-state index in [1.54, 1.807) is 0 Å². The third-order valence-corrected chi connectivity index (χ3v) is 2.01. The van der Waals surface area contributed by atoms with Crippen molar-refractivity contribution in [2.45, 2.75) is 19.8 Å². The van der Waals surface area contributed by atoms with E-state index in [1.807, 2.05) is 24.3 Å². The van der Waals surface area contributed by atoms with Gasteiger partial charge < -0.3 is 9.90 Å². The molecule has 0 saturated carbocycles. The van der Waals surface area contributed by atoms with E-state index in [0.717, 1.165) is 11.6 Å². The molecule has 0 fully saturated rings. The molecule has 3 heteroatoms. The van der Waals surface area contributed by atoms with Crippen molar-refractivity contribution >= 4 is 12.0 Å². The summed E-state index contributed by atoms with van der Waals surface area (Å²) in [6.07, 6.45) is 2.56. The average molecular weight is 196 g/mol. The van der Waals surface area contributed by atoms with Crippen molar-refractivity contribution in [2.75, 3.05) is 0 Å². The van der Waals surface area contributed by atoms with Crippen molar-refractivity contribution in [1.82, 2.24) is 0 Å². The van der Waals surface area contributed by atoms with Crippen LogP contribution >= 0.6 is 0 Å². The van der Waals surface area contributed by atoms with E-state index in [-0.39, 0.29) is 18.9 Å². The first-order chi connectivity index (χ1) is 6.59. The smallest absolute Gasteiger partial charge is 0.545 e. The molecule has 0 atom stereocenters. The van der Waals surface area contributed by atoms with Crippen molar-refractivity contribution in [2.24, 2.45) is 0 Å². The number of carboxylic acid groups (broad SMARTS) is 1. The van der Waals surface area contributed by atoms with Gasteiger partial charge in [0, 0.05) is 0 Å². The van der Waals surface area contributed by atoms with Gasteiger partial charge in [-0.15, -0.1) is 0 Å². The molecule has 1 aromatic rings. The van der Waals surface area contributed by atoms with Crippen molar-refractivity contribution in [3.05, 3.63) is 41.5 Å². The summed E-state index contributed by atoms with van der Waals surface area (Å²) in [6, 6.07) is 7.79. The Balaban J connectivity index is 0.00000196. The van der Waals surface area contributed by atoms with E-state index >= 15 is 0 Å². The van der Waals surface area contributed by atoms with Gasteiger partial charge in [0.15, 0.2) is 0 Å². The fourth-order valence-electron chi connectivity index (χ4n) is 1.16.